The molecule has 0 unspecified atom stereocenters. The number of para-hydroxylation sites is 1. The van der Waals surface area contributed by atoms with Gasteiger partial charge in [0, 0.05) is 11.8 Å². The maximum absolute atomic E-state index is 11.9. The van der Waals surface area contributed by atoms with E-state index < -0.39 is 6.03 Å². The third kappa shape index (κ3) is 3.43. The van der Waals surface area contributed by atoms with Crippen LogP contribution in [0.4, 0.5) is 16.3 Å². The number of nitrogens with one attached hydrogen (secondary N) is 2. The molecule has 0 fully saturated rings. The molecule has 6 nitrogen and oxygen atoms in total. The minimum Gasteiger partial charge on any atom is -0.391 e. The molecule has 7 heteroatoms. The summed E-state index contributed by atoms with van der Waals surface area (Å²) >= 11 is 5.95. The molecule has 0 spiro atoms. The highest BCUT2D eigenvalue weighted by Crippen LogP contribution is 2.20. The third-order valence-electron chi connectivity index (χ3n) is 2.51. The second kappa shape index (κ2) is 6.31. The number of urea groups is 1. The Balaban J connectivity index is 2.12. The Hall–Kier alpha value is -2.18. The van der Waals surface area contributed by atoms with E-state index in [-0.39, 0.29) is 12.4 Å². The highest BCUT2D eigenvalue weighted by Gasteiger charge is 2.10. The number of benzene rings is 1. The molecule has 20 heavy (non-hydrogen) atoms. The summed E-state index contributed by atoms with van der Waals surface area (Å²) in [5, 5.41) is 14.8. The number of amides is 2. The van der Waals surface area contributed by atoms with E-state index >= 15 is 0 Å². The first-order valence-corrected chi connectivity index (χ1v) is 6.24. The number of aliphatic hydroxyl groups is 1. The van der Waals surface area contributed by atoms with Crippen LogP contribution in [0.5, 0.6) is 0 Å². The number of carbonyl (C=O) groups excluding carboxylic acids is 1. The number of anilines is 2. The lowest BCUT2D eigenvalue weighted by Crippen LogP contribution is -2.21. The van der Waals surface area contributed by atoms with Crippen LogP contribution in [0.15, 0.2) is 30.5 Å². The van der Waals surface area contributed by atoms with Crippen molar-refractivity contribution in [3.8, 4) is 0 Å². The summed E-state index contributed by atoms with van der Waals surface area (Å²) in [5.41, 5.74) is 0.924. The molecule has 3 N–H and O–H groups in total. The predicted octanol–water partition coefficient (Wildman–Crippen LogP) is 2.57. The minimum absolute atomic E-state index is 0.262. The molecule has 1 aromatic carbocycles. The van der Waals surface area contributed by atoms with Crippen LogP contribution in [0.3, 0.4) is 0 Å². The van der Waals surface area contributed by atoms with Crippen molar-refractivity contribution in [1.29, 1.82) is 0 Å². The lowest BCUT2D eigenvalue weighted by atomic mass is 10.3. The van der Waals surface area contributed by atoms with Crippen LogP contribution in [-0.4, -0.2) is 21.1 Å². The van der Waals surface area contributed by atoms with Crippen LogP contribution in [0, 0.1) is 6.92 Å². The van der Waals surface area contributed by atoms with Crippen molar-refractivity contribution in [3.63, 3.8) is 0 Å². The largest absolute Gasteiger partial charge is 0.391 e. The van der Waals surface area contributed by atoms with E-state index in [0.29, 0.717) is 22.1 Å². The highest BCUT2D eigenvalue weighted by atomic mass is 35.5. The molecule has 0 saturated carbocycles. The van der Waals surface area contributed by atoms with Gasteiger partial charge in [-0.05, 0) is 19.1 Å². The Morgan fingerprint density at radius 1 is 1.35 bits per heavy atom. The van der Waals surface area contributed by atoms with Crippen LogP contribution in [0.2, 0.25) is 5.02 Å². The molecule has 104 valence electrons. The number of aryl methyl sites for hydroxylation is 1. The molecular formula is C13H13ClN4O2. The number of halogens is 1. The number of aromatic nitrogens is 2. The maximum atomic E-state index is 11.9. The van der Waals surface area contributed by atoms with Crippen molar-refractivity contribution in [2.24, 2.45) is 0 Å². The summed E-state index contributed by atoms with van der Waals surface area (Å²) in [6.07, 6.45) is 1.47. The summed E-state index contributed by atoms with van der Waals surface area (Å²) in [7, 11) is 0. The van der Waals surface area contributed by atoms with Gasteiger partial charge >= 0.3 is 6.03 Å². The molecule has 1 aromatic heterocycles. The van der Waals surface area contributed by atoms with Gasteiger partial charge in [-0.15, -0.1) is 0 Å². The first-order chi connectivity index (χ1) is 9.60. The fraction of sp³-hybridized carbons (Fsp3) is 0.154. The van der Waals surface area contributed by atoms with E-state index in [0.717, 1.165) is 0 Å². The van der Waals surface area contributed by atoms with Gasteiger partial charge in [0.1, 0.15) is 11.6 Å². The van der Waals surface area contributed by atoms with Crippen molar-refractivity contribution in [2.75, 3.05) is 10.6 Å². The van der Waals surface area contributed by atoms with Gasteiger partial charge in [-0.3, -0.25) is 5.32 Å². The maximum Gasteiger partial charge on any atom is 0.324 e. The average Bonchev–Trinajstić information content (AvgIpc) is 2.41. The fourth-order valence-corrected chi connectivity index (χ4v) is 1.73. The Kier molecular flexibility index (Phi) is 4.49. The Bertz CT molecular complexity index is 634. The highest BCUT2D eigenvalue weighted by molar-refractivity contribution is 6.33. The molecule has 0 aliphatic rings. The van der Waals surface area contributed by atoms with Crippen molar-refractivity contribution in [3.05, 3.63) is 46.9 Å². The molecular weight excluding hydrogens is 280 g/mol. The van der Waals surface area contributed by atoms with Crippen molar-refractivity contribution in [2.45, 2.75) is 13.5 Å². The van der Waals surface area contributed by atoms with Gasteiger partial charge in [-0.2, -0.15) is 0 Å². The Labute approximate surface area is 120 Å². The normalized spacial score (nSPS) is 10.2. The second-order valence-electron chi connectivity index (χ2n) is 4.01. The first-order valence-electron chi connectivity index (χ1n) is 5.86. The van der Waals surface area contributed by atoms with Crippen LogP contribution in [0.1, 0.15) is 11.4 Å². The number of rotatable bonds is 3. The molecule has 0 aliphatic heterocycles. The first kappa shape index (κ1) is 14.2. The molecule has 0 bridgehead atoms. The number of hydrogen-bond donors (Lipinski definition) is 3. The van der Waals surface area contributed by atoms with Gasteiger partial charge in [0.2, 0.25) is 0 Å². The van der Waals surface area contributed by atoms with E-state index in [2.05, 4.69) is 20.6 Å². The Morgan fingerprint density at radius 2 is 2.10 bits per heavy atom. The molecule has 1 heterocycles. The minimum atomic E-state index is -0.495. The Morgan fingerprint density at radius 3 is 2.80 bits per heavy atom. The summed E-state index contributed by atoms with van der Waals surface area (Å²) in [6, 6.07) is 6.38. The van der Waals surface area contributed by atoms with Gasteiger partial charge in [0.15, 0.2) is 0 Å². The quantitative estimate of drug-likeness (QED) is 0.811. The van der Waals surface area contributed by atoms with Crippen LogP contribution < -0.4 is 10.6 Å². The summed E-state index contributed by atoms with van der Waals surface area (Å²) < 4.78 is 0. The van der Waals surface area contributed by atoms with Crippen molar-refractivity contribution >= 4 is 29.1 Å². The van der Waals surface area contributed by atoms with Crippen molar-refractivity contribution < 1.29 is 9.90 Å². The molecule has 2 rings (SSSR count). The predicted molar refractivity (Wildman–Crippen MR) is 76.8 cm³/mol. The summed E-state index contributed by atoms with van der Waals surface area (Å²) in [4.78, 5) is 19.9. The molecule has 0 aliphatic carbocycles. The second-order valence-corrected chi connectivity index (χ2v) is 4.42. The van der Waals surface area contributed by atoms with E-state index in [1.54, 1.807) is 31.2 Å². The lowest BCUT2D eigenvalue weighted by molar-refractivity contribution is 0.261. The van der Waals surface area contributed by atoms with Gasteiger partial charge in [0.05, 0.1) is 17.3 Å². The van der Waals surface area contributed by atoms with Crippen LogP contribution >= 0.6 is 11.6 Å². The molecule has 2 amide bonds. The zero-order valence-electron chi connectivity index (χ0n) is 10.7. The lowest BCUT2D eigenvalue weighted by Gasteiger charge is -2.10. The monoisotopic (exact) mass is 292 g/mol. The summed E-state index contributed by atoms with van der Waals surface area (Å²) in [5.74, 6) is 0.764. The zero-order valence-corrected chi connectivity index (χ0v) is 11.5. The van der Waals surface area contributed by atoms with Crippen molar-refractivity contribution in [1.82, 2.24) is 9.97 Å². The van der Waals surface area contributed by atoms with E-state index in [1.807, 2.05) is 0 Å². The molecule has 0 saturated heterocycles. The van der Waals surface area contributed by atoms with Crippen LogP contribution in [0.25, 0.3) is 0 Å². The molecule has 2 aromatic rings. The molecule has 0 atom stereocenters. The van der Waals surface area contributed by atoms with Gasteiger partial charge in [-0.25, -0.2) is 14.8 Å². The number of carbonyl (C=O) groups is 1. The number of nitrogens with zero attached hydrogens (tertiary/aromatic N) is 2. The van der Waals surface area contributed by atoms with E-state index in [1.165, 1.54) is 6.20 Å². The summed E-state index contributed by atoms with van der Waals surface area (Å²) in [6.45, 7) is 1.43. The van der Waals surface area contributed by atoms with Gasteiger partial charge in [-0.1, -0.05) is 23.7 Å². The van der Waals surface area contributed by atoms with E-state index in [9.17, 15) is 9.90 Å². The standard InChI is InChI=1S/C13H13ClN4O2/c1-8-15-6-9(7-19)12(16-8)18-13(20)17-11-5-3-2-4-10(11)14/h2-6,19H,7H2,1H3,(H2,15,16,17,18,20). The smallest absolute Gasteiger partial charge is 0.324 e. The third-order valence-corrected chi connectivity index (χ3v) is 2.84. The average molecular weight is 293 g/mol. The fourth-order valence-electron chi connectivity index (χ4n) is 1.54. The topological polar surface area (TPSA) is 87.1 Å². The molecule has 0 radical (unpaired) electrons. The van der Waals surface area contributed by atoms with Gasteiger partial charge in [0.25, 0.3) is 0 Å². The number of hydrogen-bond acceptors (Lipinski definition) is 4. The van der Waals surface area contributed by atoms with E-state index in [4.69, 9.17) is 11.6 Å². The number of aliphatic hydroxyl groups excluding tert-OH is 1. The zero-order chi connectivity index (χ0) is 14.5. The SMILES string of the molecule is Cc1ncc(CO)c(NC(=O)Nc2ccccc2Cl)n1. The van der Waals surface area contributed by atoms with Gasteiger partial charge < -0.3 is 10.4 Å². The van der Waals surface area contributed by atoms with Crippen LogP contribution in [-0.2, 0) is 6.61 Å².